The summed E-state index contributed by atoms with van der Waals surface area (Å²) < 4.78 is 33.2. The number of ether oxygens (including phenoxy) is 1. The van der Waals surface area contributed by atoms with Crippen molar-refractivity contribution in [3.8, 4) is 0 Å². The molecular weight excluding hydrogens is 487 g/mol. The van der Waals surface area contributed by atoms with Crippen LogP contribution >= 0.6 is 23.2 Å². The Morgan fingerprint density at radius 3 is 2.24 bits per heavy atom. The van der Waals surface area contributed by atoms with E-state index in [9.17, 15) is 18.0 Å². The number of hydrogen-bond donors (Lipinski definition) is 1. The molecule has 10 heteroatoms. The van der Waals surface area contributed by atoms with Gasteiger partial charge in [-0.05, 0) is 59.7 Å². The third-order valence-corrected chi connectivity index (χ3v) is 7.04. The van der Waals surface area contributed by atoms with Gasteiger partial charge in [0.15, 0.2) is 0 Å². The van der Waals surface area contributed by atoms with Crippen LogP contribution in [0.3, 0.4) is 0 Å². The number of rotatable bonds is 9. The van der Waals surface area contributed by atoms with Crippen LogP contribution in [0, 0.1) is 0 Å². The molecule has 33 heavy (non-hydrogen) atoms. The molecule has 3 aromatic rings. The number of carbonyl (C=O) groups is 2. The number of sulfonamides is 1. The number of unbranched alkanes of at least 4 members (excludes halogenated alkanes) is 1. The number of hydrogen-bond acceptors (Lipinski definition) is 5. The summed E-state index contributed by atoms with van der Waals surface area (Å²) in [5, 5.41) is 1.62. The summed E-state index contributed by atoms with van der Waals surface area (Å²) in [6, 6.07) is 13.5. The highest BCUT2D eigenvalue weighted by atomic mass is 35.5. The van der Waals surface area contributed by atoms with E-state index in [4.69, 9.17) is 33.7 Å². The van der Waals surface area contributed by atoms with Crippen LogP contribution in [-0.4, -0.2) is 33.4 Å². The second-order valence-electron chi connectivity index (χ2n) is 7.30. The monoisotopic (exact) mass is 508 g/mol. The molecule has 3 rings (SSSR count). The number of carbonyl (C=O) groups excluding carboxylic acids is 2. The van der Waals surface area contributed by atoms with E-state index in [1.165, 1.54) is 24.3 Å². The maximum absolute atomic E-state index is 13.5. The van der Waals surface area contributed by atoms with Gasteiger partial charge in [0.1, 0.15) is 6.54 Å². The maximum Gasteiger partial charge on any atom is 0.326 e. The van der Waals surface area contributed by atoms with Crippen LogP contribution < -0.4 is 10.0 Å². The van der Waals surface area contributed by atoms with Crippen molar-refractivity contribution in [3.05, 3.63) is 70.2 Å². The van der Waals surface area contributed by atoms with Gasteiger partial charge in [0.2, 0.25) is 5.91 Å². The van der Waals surface area contributed by atoms with Gasteiger partial charge in [-0.25, -0.2) is 8.42 Å². The van der Waals surface area contributed by atoms with Gasteiger partial charge in [0.25, 0.3) is 10.0 Å². The van der Waals surface area contributed by atoms with Crippen LogP contribution in [0.15, 0.2) is 59.5 Å². The molecule has 0 aliphatic heterocycles. The number of nitrogens with zero attached hydrogens (tertiary/aromatic N) is 1. The smallest absolute Gasteiger partial charge is 0.326 e. The highest BCUT2D eigenvalue weighted by Crippen LogP contribution is 2.30. The Bertz CT molecular complexity index is 1290. The second kappa shape index (κ2) is 10.4. The zero-order chi connectivity index (χ0) is 24.2. The molecular formula is C23H22Cl2N2O5S. The first-order valence-electron chi connectivity index (χ1n) is 10.1. The lowest BCUT2D eigenvalue weighted by Gasteiger charge is -2.24. The molecule has 0 radical (unpaired) electrons. The third kappa shape index (κ3) is 5.96. The van der Waals surface area contributed by atoms with Crippen molar-refractivity contribution >= 4 is 61.6 Å². The summed E-state index contributed by atoms with van der Waals surface area (Å²) in [5.74, 6) is -1.26. The molecule has 0 spiro atoms. The van der Waals surface area contributed by atoms with Crippen LogP contribution in [0.1, 0.15) is 30.1 Å². The van der Waals surface area contributed by atoms with Gasteiger partial charge in [-0.2, -0.15) is 0 Å². The predicted molar refractivity (Wildman–Crippen MR) is 129 cm³/mol. The SMILES string of the molecule is CCCCOC(=O)CN(c1ccc2cc(C(N)=O)ccc2c1)S(=O)(=O)c1cc(Cl)cc(Cl)c1. The quantitative estimate of drug-likeness (QED) is 0.330. The van der Waals surface area contributed by atoms with Gasteiger partial charge >= 0.3 is 5.97 Å². The summed E-state index contributed by atoms with van der Waals surface area (Å²) >= 11 is 12.0. The highest BCUT2D eigenvalue weighted by Gasteiger charge is 2.29. The zero-order valence-corrected chi connectivity index (χ0v) is 20.1. The van der Waals surface area contributed by atoms with Crippen molar-refractivity contribution in [1.82, 2.24) is 0 Å². The summed E-state index contributed by atoms with van der Waals surface area (Å²) in [7, 11) is -4.23. The number of amides is 1. The van der Waals surface area contributed by atoms with Crippen molar-refractivity contribution in [2.24, 2.45) is 5.73 Å². The number of benzene rings is 3. The molecule has 0 bridgehead atoms. The molecule has 0 fully saturated rings. The normalized spacial score (nSPS) is 11.4. The summed E-state index contributed by atoms with van der Waals surface area (Å²) in [4.78, 5) is 23.8. The molecule has 0 unspecified atom stereocenters. The Hall–Kier alpha value is -2.81. The minimum atomic E-state index is -4.23. The Morgan fingerprint density at radius 1 is 0.970 bits per heavy atom. The number of anilines is 1. The van der Waals surface area contributed by atoms with Gasteiger partial charge in [-0.3, -0.25) is 13.9 Å². The maximum atomic E-state index is 13.5. The molecule has 3 aromatic carbocycles. The average Bonchev–Trinajstić information content (AvgIpc) is 2.76. The van der Waals surface area contributed by atoms with E-state index < -0.39 is 28.4 Å². The van der Waals surface area contributed by atoms with Crippen molar-refractivity contribution in [1.29, 1.82) is 0 Å². The first-order valence-corrected chi connectivity index (χ1v) is 12.3. The minimum Gasteiger partial charge on any atom is -0.464 e. The Labute approximate surface area is 202 Å². The van der Waals surface area contributed by atoms with Crippen LogP contribution in [0.4, 0.5) is 5.69 Å². The molecule has 0 aromatic heterocycles. The van der Waals surface area contributed by atoms with Crippen LogP contribution in [0.25, 0.3) is 10.8 Å². The molecule has 0 aliphatic carbocycles. The van der Waals surface area contributed by atoms with Crippen molar-refractivity contribution < 1.29 is 22.7 Å². The molecule has 0 saturated heterocycles. The van der Waals surface area contributed by atoms with Crippen LogP contribution in [-0.2, 0) is 19.6 Å². The average molecular weight is 509 g/mol. The van der Waals surface area contributed by atoms with E-state index in [0.717, 1.165) is 10.7 Å². The van der Waals surface area contributed by atoms with E-state index in [1.54, 1.807) is 30.3 Å². The summed E-state index contributed by atoms with van der Waals surface area (Å²) in [5.41, 5.74) is 5.89. The third-order valence-electron chi connectivity index (χ3n) is 4.85. The molecule has 0 aliphatic rings. The van der Waals surface area contributed by atoms with Crippen molar-refractivity contribution in [3.63, 3.8) is 0 Å². The zero-order valence-electron chi connectivity index (χ0n) is 17.8. The second-order valence-corrected chi connectivity index (χ2v) is 10.0. The fourth-order valence-corrected chi connectivity index (χ4v) is 5.28. The Balaban J connectivity index is 2.07. The fraction of sp³-hybridized carbons (Fsp3) is 0.217. The van der Waals surface area contributed by atoms with Gasteiger partial charge in [0.05, 0.1) is 17.2 Å². The number of fused-ring (bicyclic) bond motifs is 1. The Morgan fingerprint density at radius 2 is 1.61 bits per heavy atom. The number of halogens is 2. The first kappa shape index (κ1) is 24.8. The van der Waals surface area contributed by atoms with Gasteiger partial charge < -0.3 is 10.5 Å². The molecule has 0 saturated carbocycles. The topological polar surface area (TPSA) is 107 Å². The van der Waals surface area contributed by atoms with Crippen molar-refractivity contribution in [2.75, 3.05) is 17.5 Å². The number of esters is 1. The van der Waals surface area contributed by atoms with Crippen LogP contribution in [0.2, 0.25) is 10.0 Å². The van der Waals surface area contributed by atoms with E-state index in [1.807, 2.05) is 6.92 Å². The minimum absolute atomic E-state index is 0.143. The van der Waals surface area contributed by atoms with Gasteiger partial charge in [-0.1, -0.05) is 48.7 Å². The standard InChI is InChI=1S/C23H22Cl2N2O5S/c1-2-3-8-32-22(28)14-27(33(30,31)21-12-18(24)11-19(25)13-21)20-7-6-15-9-17(23(26)29)5-4-16(15)10-20/h4-7,9-13H,2-3,8,14H2,1H3,(H2,26,29). The van der Waals surface area contributed by atoms with Gasteiger partial charge in [0, 0.05) is 15.6 Å². The summed E-state index contributed by atoms with van der Waals surface area (Å²) in [6.45, 7) is 1.60. The molecule has 0 heterocycles. The van der Waals surface area contributed by atoms with Crippen molar-refractivity contribution in [2.45, 2.75) is 24.7 Å². The lowest BCUT2D eigenvalue weighted by atomic mass is 10.1. The number of nitrogens with two attached hydrogens (primary N) is 1. The van der Waals surface area contributed by atoms with Crippen LogP contribution in [0.5, 0.6) is 0 Å². The first-order chi connectivity index (χ1) is 15.6. The summed E-state index contributed by atoms with van der Waals surface area (Å²) in [6.07, 6.45) is 1.49. The predicted octanol–water partition coefficient (Wildman–Crippen LogP) is 4.78. The molecule has 7 nitrogen and oxygen atoms in total. The molecule has 2 N–H and O–H groups in total. The largest absolute Gasteiger partial charge is 0.464 e. The molecule has 0 atom stereocenters. The van der Waals surface area contributed by atoms with E-state index >= 15 is 0 Å². The van der Waals surface area contributed by atoms with E-state index in [2.05, 4.69) is 0 Å². The molecule has 174 valence electrons. The lowest BCUT2D eigenvalue weighted by Crippen LogP contribution is -2.36. The highest BCUT2D eigenvalue weighted by molar-refractivity contribution is 7.92. The van der Waals surface area contributed by atoms with E-state index in [0.29, 0.717) is 22.8 Å². The number of primary amides is 1. The van der Waals surface area contributed by atoms with Gasteiger partial charge in [-0.15, -0.1) is 0 Å². The Kier molecular flexibility index (Phi) is 7.84. The lowest BCUT2D eigenvalue weighted by molar-refractivity contribution is -0.141. The van der Waals surface area contributed by atoms with E-state index in [-0.39, 0.29) is 27.2 Å². The molecule has 1 amide bonds. The fourth-order valence-electron chi connectivity index (χ4n) is 3.15.